The van der Waals surface area contributed by atoms with Gasteiger partial charge in [-0.2, -0.15) is 0 Å². The molecule has 3 heteroatoms. The van der Waals surface area contributed by atoms with Gasteiger partial charge in [0, 0.05) is 57.4 Å². The van der Waals surface area contributed by atoms with Crippen LogP contribution in [-0.4, -0.2) is 0 Å². The van der Waals surface area contributed by atoms with E-state index in [4.69, 9.17) is 0 Å². The van der Waals surface area contributed by atoms with E-state index in [1.165, 1.54) is 84.1 Å². The van der Waals surface area contributed by atoms with E-state index in [2.05, 4.69) is 193 Å². The van der Waals surface area contributed by atoms with Gasteiger partial charge in [0.1, 0.15) is 0 Å². The molecule has 11 aromatic rings. The van der Waals surface area contributed by atoms with Crippen LogP contribution in [0.25, 0.3) is 84.1 Å². The molecule has 11 rings (SSSR count). The third-order valence-corrected chi connectivity index (χ3v) is 13.0. The fourth-order valence-electron chi connectivity index (χ4n) is 8.05. The summed E-state index contributed by atoms with van der Waals surface area (Å²) in [4.78, 5) is 2.39. The van der Waals surface area contributed by atoms with E-state index in [1.54, 1.807) is 0 Å². The van der Waals surface area contributed by atoms with Crippen LogP contribution in [0.1, 0.15) is 0 Å². The van der Waals surface area contributed by atoms with Gasteiger partial charge in [0.25, 0.3) is 0 Å². The van der Waals surface area contributed by atoms with Crippen molar-refractivity contribution >= 4 is 102 Å². The van der Waals surface area contributed by atoms with Gasteiger partial charge < -0.3 is 4.90 Å². The molecule has 0 N–H and O–H groups in total. The number of fused-ring (bicyclic) bond motifs is 9. The Labute approximate surface area is 315 Å². The topological polar surface area (TPSA) is 3.24 Å². The first-order valence-electron chi connectivity index (χ1n) is 18.0. The lowest BCUT2D eigenvalue weighted by Crippen LogP contribution is -2.09. The lowest BCUT2D eigenvalue weighted by atomic mass is 9.98. The Kier molecular flexibility index (Phi) is 6.97. The van der Waals surface area contributed by atoms with E-state index >= 15 is 0 Å². The second kappa shape index (κ2) is 12.2. The van der Waals surface area contributed by atoms with Gasteiger partial charge in [0.15, 0.2) is 0 Å². The summed E-state index contributed by atoms with van der Waals surface area (Å²) >= 11 is 3.76. The van der Waals surface area contributed by atoms with Crippen molar-refractivity contribution in [2.45, 2.75) is 0 Å². The molecule has 0 saturated heterocycles. The highest BCUT2D eigenvalue weighted by molar-refractivity contribution is 7.26. The molecule has 9 aromatic carbocycles. The first kappa shape index (κ1) is 30.4. The highest BCUT2D eigenvalue weighted by Crippen LogP contribution is 2.43. The quantitative estimate of drug-likeness (QED) is 0.172. The third-order valence-electron chi connectivity index (χ3n) is 10.7. The molecule has 1 nitrogen and oxygen atoms in total. The van der Waals surface area contributed by atoms with Gasteiger partial charge in [-0.15, -0.1) is 22.7 Å². The molecule has 0 aliphatic rings. The maximum Gasteiger partial charge on any atom is 0.0468 e. The minimum Gasteiger partial charge on any atom is -0.310 e. The summed E-state index contributed by atoms with van der Waals surface area (Å²) in [7, 11) is 0. The van der Waals surface area contributed by atoms with Gasteiger partial charge in [-0.05, 0) is 98.4 Å². The van der Waals surface area contributed by atoms with E-state index in [1.807, 2.05) is 22.7 Å². The van der Waals surface area contributed by atoms with Gasteiger partial charge >= 0.3 is 0 Å². The minimum absolute atomic E-state index is 1.12. The van der Waals surface area contributed by atoms with Crippen LogP contribution in [0.4, 0.5) is 17.1 Å². The highest BCUT2D eigenvalue weighted by Gasteiger charge is 2.17. The molecule has 53 heavy (non-hydrogen) atoms. The molecular weight excluding hydrogens is 679 g/mol. The van der Waals surface area contributed by atoms with Gasteiger partial charge in [-0.1, -0.05) is 133 Å². The van der Waals surface area contributed by atoms with Crippen molar-refractivity contribution in [1.82, 2.24) is 0 Å². The second-order valence-corrected chi connectivity index (χ2v) is 15.8. The SMILES string of the molecule is c1ccc2c(-c3ccc(N(c4ccc(-c5ccc6c(c5)sc5c7ccccc7ccc65)cc4)c4ccc5sc6ccccc6c5c4)cc3)cccc2c1. The Bertz CT molecular complexity index is 3160. The third kappa shape index (κ3) is 5.04. The Morgan fingerprint density at radius 1 is 0.302 bits per heavy atom. The van der Waals surface area contributed by atoms with Gasteiger partial charge in [0.05, 0.1) is 0 Å². The average molecular weight is 710 g/mol. The Balaban J connectivity index is 1.01. The van der Waals surface area contributed by atoms with Crippen molar-refractivity contribution in [3.05, 3.63) is 188 Å². The summed E-state index contributed by atoms with van der Waals surface area (Å²) in [6.07, 6.45) is 0. The molecule has 2 heterocycles. The van der Waals surface area contributed by atoms with Crippen LogP contribution in [0.2, 0.25) is 0 Å². The van der Waals surface area contributed by atoms with Gasteiger partial charge in [-0.3, -0.25) is 0 Å². The largest absolute Gasteiger partial charge is 0.310 e. The van der Waals surface area contributed by atoms with Gasteiger partial charge in [-0.25, -0.2) is 0 Å². The molecule has 0 saturated carbocycles. The van der Waals surface area contributed by atoms with E-state index in [0.29, 0.717) is 0 Å². The first-order chi connectivity index (χ1) is 26.2. The molecule has 0 fully saturated rings. The van der Waals surface area contributed by atoms with Crippen LogP contribution in [0.3, 0.4) is 0 Å². The summed E-state index contributed by atoms with van der Waals surface area (Å²) in [5.41, 5.74) is 8.30. The predicted molar refractivity (Wildman–Crippen MR) is 233 cm³/mol. The van der Waals surface area contributed by atoms with Crippen LogP contribution in [0.5, 0.6) is 0 Å². The second-order valence-electron chi connectivity index (χ2n) is 13.7. The van der Waals surface area contributed by atoms with Crippen LogP contribution in [0.15, 0.2) is 188 Å². The number of thiophene rings is 2. The van der Waals surface area contributed by atoms with Crippen LogP contribution < -0.4 is 4.90 Å². The zero-order chi connectivity index (χ0) is 34.9. The van der Waals surface area contributed by atoms with Crippen LogP contribution in [0, 0.1) is 0 Å². The molecule has 0 aliphatic heterocycles. The molecule has 0 aliphatic carbocycles. The first-order valence-corrected chi connectivity index (χ1v) is 19.6. The van der Waals surface area contributed by atoms with Crippen molar-refractivity contribution in [2.75, 3.05) is 4.90 Å². The number of anilines is 3. The average Bonchev–Trinajstić information content (AvgIpc) is 3.79. The van der Waals surface area contributed by atoms with Crippen LogP contribution >= 0.6 is 22.7 Å². The predicted octanol–water partition coefficient (Wildman–Crippen LogP) is 15.5. The lowest BCUT2D eigenvalue weighted by molar-refractivity contribution is 1.29. The number of benzene rings is 9. The van der Waals surface area contributed by atoms with Crippen molar-refractivity contribution in [2.24, 2.45) is 0 Å². The zero-order valence-corrected chi connectivity index (χ0v) is 30.3. The Morgan fingerprint density at radius 2 is 0.887 bits per heavy atom. The summed E-state index contributed by atoms with van der Waals surface area (Å²) in [5.74, 6) is 0. The molecule has 0 spiro atoms. The van der Waals surface area contributed by atoms with E-state index < -0.39 is 0 Å². The molecule has 0 radical (unpaired) electrons. The van der Waals surface area contributed by atoms with E-state index in [9.17, 15) is 0 Å². The summed E-state index contributed by atoms with van der Waals surface area (Å²) in [5, 5.41) is 10.4. The standard InChI is InChI=1S/C50H31NS2/c1-3-11-40-33(8-1)10-7-14-41(40)35-18-24-38(25-19-35)51(39-26-29-48-46(31-39)43-13-5-6-15-47(43)52-48)37-22-16-32(17-23-37)36-21-27-44-45-28-20-34-9-2-4-12-42(34)50(45)53-49(44)30-36/h1-31H. The minimum atomic E-state index is 1.12. The summed E-state index contributed by atoms with van der Waals surface area (Å²) in [6.45, 7) is 0. The number of rotatable bonds is 5. The monoisotopic (exact) mass is 709 g/mol. The summed E-state index contributed by atoms with van der Waals surface area (Å²) in [6, 6.07) is 69.2. The number of hydrogen-bond donors (Lipinski definition) is 0. The Hall–Kier alpha value is -6.26. The number of hydrogen-bond acceptors (Lipinski definition) is 3. The van der Waals surface area contributed by atoms with Gasteiger partial charge in [0.2, 0.25) is 0 Å². The van der Waals surface area contributed by atoms with Crippen molar-refractivity contribution in [3.8, 4) is 22.3 Å². The van der Waals surface area contributed by atoms with Crippen molar-refractivity contribution in [3.63, 3.8) is 0 Å². The maximum absolute atomic E-state index is 2.39. The molecular formula is C50H31NS2. The highest BCUT2D eigenvalue weighted by atomic mass is 32.1. The lowest BCUT2D eigenvalue weighted by Gasteiger charge is -2.26. The Morgan fingerprint density at radius 3 is 1.70 bits per heavy atom. The zero-order valence-electron chi connectivity index (χ0n) is 28.7. The maximum atomic E-state index is 2.39. The fraction of sp³-hybridized carbons (Fsp3) is 0. The van der Waals surface area contributed by atoms with E-state index in [0.717, 1.165) is 17.1 Å². The molecule has 0 unspecified atom stereocenters. The molecule has 248 valence electrons. The molecule has 2 aromatic heterocycles. The van der Waals surface area contributed by atoms with Crippen molar-refractivity contribution in [1.29, 1.82) is 0 Å². The molecule has 0 atom stereocenters. The molecule has 0 bridgehead atoms. The number of nitrogens with zero attached hydrogens (tertiary/aromatic N) is 1. The fourth-order valence-corrected chi connectivity index (χ4v) is 10.4. The van der Waals surface area contributed by atoms with E-state index in [-0.39, 0.29) is 0 Å². The normalized spacial score (nSPS) is 11.8. The molecule has 0 amide bonds. The smallest absolute Gasteiger partial charge is 0.0468 e. The van der Waals surface area contributed by atoms with Crippen molar-refractivity contribution < 1.29 is 0 Å². The summed E-state index contributed by atoms with van der Waals surface area (Å²) < 4.78 is 5.31. The van der Waals surface area contributed by atoms with Crippen LogP contribution in [-0.2, 0) is 0 Å².